The summed E-state index contributed by atoms with van der Waals surface area (Å²) in [4.78, 5) is 11.4. The summed E-state index contributed by atoms with van der Waals surface area (Å²) in [5.74, 6) is 0.0310. The van der Waals surface area contributed by atoms with Crippen LogP contribution in [0, 0.1) is 6.92 Å². The molecule has 1 heterocycles. The fourth-order valence-corrected chi connectivity index (χ4v) is 2.67. The monoisotopic (exact) mass is 330 g/mol. The van der Waals surface area contributed by atoms with Crippen LogP contribution in [0.5, 0.6) is 0 Å². The number of carbonyl (C=O) groups is 1. The van der Waals surface area contributed by atoms with Crippen LogP contribution in [-0.2, 0) is 6.54 Å². The summed E-state index contributed by atoms with van der Waals surface area (Å²) < 4.78 is 1.91. The molecule has 5 nitrogen and oxygen atoms in total. The lowest BCUT2D eigenvalue weighted by Crippen LogP contribution is -2.31. The van der Waals surface area contributed by atoms with Crippen molar-refractivity contribution in [1.82, 2.24) is 15.1 Å². The molecular formula is C17H22N4OS. The van der Waals surface area contributed by atoms with Crippen LogP contribution in [-0.4, -0.2) is 20.7 Å². The minimum atomic E-state index is 0.0310. The first-order valence-corrected chi connectivity index (χ1v) is 8.04. The zero-order chi connectivity index (χ0) is 17.0. The summed E-state index contributed by atoms with van der Waals surface area (Å²) in [5.41, 5.74) is 3.57. The quantitative estimate of drug-likeness (QED) is 0.649. The van der Waals surface area contributed by atoms with Gasteiger partial charge in [-0.15, -0.1) is 0 Å². The Labute approximate surface area is 142 Å². The number of rotatable bonds is 5. The van der Waals surface area contributed by atoms with Gasteiger partial charge in [-0.1, -0.05) is 12.1 Å². The van der Waals surface area contributed by atoms with E-state index in [1.54, 1.807) is 19.1 Å². The second-order valence-corrected chi connectivity index (χ2v) is 5.89. The van der Waals surface area contributed by atoms with Gasteiger partial charge in [-0.3, -0.25) is 9.48 Å². The minimum Gasteiger partial charge on any atom is -0.356 e. The van der Waals surface area contributed by atoms with Gasteiger partial charge in [0.15, 0.2) is 10.9 Å². The van der Waals surface area contributed by atoms with Gasteiger partial charge < -0.3 is 10.6 Å². The van der Waals surface area contributed by atoms with Crippen molar-refractivity contribution in [2.75, 3.05) is 5.32 Å². The average Bonchev–Trinajstić information content (AvgIpc) is 2.88. The van der Waals surface area contributed by atoms with Crippen LogP contribution >= 0.6 is 12.2 Å². The van der Waals surface area contributed by atoms with Crippen LogP contribution in [0.15, 0.2) is 30.5 Å². The predicted molar refractivity (Wildman–Crippen MR) is 96.9 cm³/mol. The van der Waals surface area contributed by atoms with Gasteiger partial charge >= 0.3 is 0 Å². The molecule has 0 fully saturated rings. The third-order valence-electron chi connectivity index (χ3n) is 3.65. The van der Waals surface area contributed by atoms with E-state index in [-0.39, 0.29) is 11.8 Å². The molecule has 23 heavy (non-hydrogen) atoms. The number of carbonyl (C=O) groups excluding carboxylic acids is 1. The summed E-state index contributed by atoms with van der Waals surface area (Å²) in [5, 5.41) is 11.3. The van der Waals surface area contributed by atoms with E-state index in [1.807, 2.05) is 36.9 Å². The number of aryl methyl sites for hydroxylation is 2. The Morgan fingerprint density at radius 1 is 1.43 bits per heavy atom. The van der Waals surface area contributed by atoms with Crippen molar-refractivity contribution in [3.63, 3.8) is 0 Å². The number of nitrogens with zero attached hydrogens (tertiary/aromatic N) is 2. The second-order valence-electron chi connectivity index (χ2n) is 5.48. The molecule has 0 unspecified atom stereocenters. The molecule has 0 aliphatic heterocycles. The number of Topliss-reactive ketones (excluding diaryl/α,β-unsaturated/α-hetero) is 1. The first kappa shape index (κ1) is 17.1. The molecule has 1 atom stereocenters. The Balaban J connectivity index is 2.02. The Morgan fingerprint density at radius 3 is 2.78 bits per heavy atom. The average molecular weight is 330 g/mol. The lowest BCUT2D eigenvalue weighted by molar-refractivity contribution is 0.101. The van der Waals surface area contributed by atoms with E-state index in [0.717, 1.165) is 23.5 Å². The molecule has 0 aliphatic rings. The molecule has 0 radical (unpaired) electrons. The van der Waals surface area contributed by atoms with Gasteiger partial charge in [0.05, 0.1) is 11.7 Å². The minimum absolute atomic E-state index is 0.0310. The van der Waals surface area contributed by atoms with E-state index in [0.29, 0.717) is 10.7 Å². The molecule has 122 valence electrons. The van der Waals surface area contributed by atoms with Crippen LogP contribution in [0.1, 0.15) is 48.4 Å². The predicted octanol–water partition coefficient (Wildman–Crippen LogP) is 3.46. The van der Waals surface area contributed by atoms with Crippen molar-refractivity contribution >= 4 is 28.8 Å². The lowest BCUT2D eigenvalue weighted by Gasteiger charge is -2.17. The van der Waals surface area contributed by atoms with Crippen LogP contribution < -0.4 is 10.6 Å². The molecule has 0 saturated carbocycles. The molecule has 0 saturated heterocycles. The van der Waals surface area contributed by atoms with Crippen LogP contribution in [0.3, 0.4) is 0 Å². The maximum Gasteiger partial charge on any atom is 0.171 e. The molecule has 0 aliphatic carbocycles. The molecule has 1 aromatic carbocycles. The van der Waals surface area contributed by atoms with Gasteiger partial charge in [-0.2, -0.15) is 5.10 Å². The van der Waals surface area contributed by atoms with E-state index in [2.05, 4.69) is 22.7 Å². The summed E-state index contributed by atoms with van der Waals surface area (Å²) in [6.45, 7) is 8.49. The number of hydrogen-bond acceptors (Lipinski definition) is 3. The summed E-state index contributed by atoms with van der Waals surface area (Å²) >= 11 is 5.37. The molecule has 0 bridgehead atoms. The molecule has 2 N–H and O–H groups in total. The van der Waals surface area contributed by atoms with Crippen LogP contribution in [0.25, 0.3) is 0 Å². The summed E-state index contributed by atoms with van der Waals surface area (Å²) in [6.07, 6.45) is 2.03. The largest absolute Gasteiger partial charge is 0.356 e. The fraction of sp³-hybridized carbons (Fsp3) is 0.353. The van der Waals surface area contributed by atoms with Crippen molar-refractivity contribution < 1.29 is 4.79 Å². The van der Waals surface area contributed by atoms with Crippen LogP contribution in [0.2, 0.25) is 0 Å². The highest BCUT2D eigenvalue weighted by atomic mass is 32.1. The maximum atomic E-state index is 11.4. The highest BCUT2D eigenvalue weighted by Crippen LogP contribution is 2.17. The Hall–Kier alpha value is -2.21. The Bertz CT molecular complexity index is 723. The van der Waals surface area contributed by atoms with E-state index < -0.39 is 0 Å². The van der Waals surface area contributed by atoms with Gasteiger partial charge in [0, 0.05) is 29.6 Å². The molecule has 2 aromatic rings. The number of thiocarbonyl (C=S) groups is 1. The number of aromatic nitrogens is 2. The van der Waals surface area contributed by atoms with Gasteiger partial charge in [0.2, 0.25) is 0 Å². The standard InChI is InChI=1S/C17H22N4OS/c1-5-21-10-16(12(3)20-21)11(2)18-17(23)19-15-8-6-7-14(9-15)13(4)22/h6-11H,5H2,1-4H3,(H2,18,19,23)/t11-/m1/s1. The first-order valence-electron chi connectivity index (χ1n) is 7.63. The SMILES string of the molecule is CCn1cc([C@@H](C)NC(=S)Nc2cccc(C(C)=O)c2)c(C)n1. The third-order valence-corrected chi connectivity index (χ3v) is 3.87. The Kier molecular flexibility index (Phi) is 5.50. The van der Waals surface area contributed by atoms with E-state index >= 15 is 0 Å². The highest BCUT2D eigenvalue weighted by Gasteiger charge is 2.13. The van der Waals surface area contributed by atoms with Gasteiger partial charge in [-0.05, 0) is 52.0 Å². The molecule has 6 heteroatoms. The maximum absolute atomic E-state index is 11.4. The zero-order valence-corrected chi connectivity index (χ0v) is 14.7. The van der Waals surface area contributed by atoms with E-state index in [1.165, 1.54) is 0 Å². The molecule has 1 aromatic heterocycles. The van der Waals surface area contributed by atoms with Crippen molar-refractivity contribution in [1.29, 1.82) is 0 Å². The number of ketones is 1. The number of nitrogens with one attached hydrogen (secondary N) is 2. The molecule has 0 spiro atoms. The molecule has 2 rings (SSSR count). The molecular weight excluding hydrogens is 308 g/mol. The van der Waals surface area contributed by atoms with E-state index in [4.69, 9.17) is 12.2 Å². The smallest absolute Gasteiger partial charge is 0.171 e. The van der Waals surface area contributed by atoms with Gasteiger partial charge in [0.1, 0.15) is 0 Å². The molecule has 0 amide bonds. The van der Waals surface area contributed by atoms with E-state index in [9.17, 15) is 4.79 Å². The summed E-state index contributed by atoms with van der Waals surface area (Å²) in [7, 11) is 0. The number of anilines is 1. The second kappa shape index (κ2) is 7.37. The van der Waals surface area contributed by atoms with Crippen molar-refractivity contribution in [3.8, 4) is 0 Å². The zero-order valence-electron chi connectivity index (χ0n) is 13.9. The Morgan fingerprint density at radius 2 is 2.17 bits per heavy atom. The third kappa shape index (κ3) is 4.39. The fourth-order valence-electron chi connectivity index (χ4n) is 2.38. The topological polar surface area (TPSA) is 59.0 Å². The summed E-state index contributed by atoms with van der Waals surface area (Å²) in [6, 6.07) is 7.34. The first-order chi connectivity index (χ1) is 10.9. The normalized spacial score (nSPS) is 11.8. The van der Waals surface area contributed by atoms with Gasteiger partial charge in [-0.25, -0.2) is 0 Å². The highest BCUT2D eigenvalue weighted by molar-refractivity contribution is 7.80. The number of benzene rings is 1. The van der Waals surface area contributed by atoms with Gasteiger partial charge in [0.25, 0.3) is 0 Å². The van der Waals surface area contributed by atoms with Crippen molar-refractivity contribution in [2.24, 2.45) is 0 Å². The van der Waals surface area contributed by atoms with Crippen molar-refractivity contribution in [2.45, 2.75) is 40.3 Å². The lowest BCUT2D eigenvalue weighted by atomic mass is 10.1. The van der Waals surface area contributed by atoms with Crippen molar-refractivity contribution in [3.05, 3.63) is 47.3 Å². The van der Waals surface area contributed by atoms with Crippen LogP contribution in [0.4, 0.5) is 5.69 Å². The number of hydrogen-bond donors (Lipinski definition) is 2.